The third kappa shape index (κ3) is 4.78. The van der Waals surface area contributed by atoms with Crippen molar-refractivity contribution >= 4 is 21.8 Å². The normalized spacial score (nSPS) is 9.73. The van der Waals surface area contributed by atoms with Crippen LogP contribution in [0.15, 0.2) is 22.9 Å². The van der Waals surface area contributed by atoms with Crippen molar-refractivity contribution in [3.63, 3.8) is 0 Å². The fourth-order valence-corrected chi connectivity index (χ4v) is 1.36. The zero-order chi connectivity index (χ0) is 11.1. The Morgan fingerprint density at radius 1 is 1.60 bits per heavy atom. The maximum Gasteiger partial charge on any atom is 0.219 e. The van der Waals surface area contributed by atoms with E-state index < -0.39 is 0 Å². The minimum absolute atomic E-state index is 0.0333. The Balaban J connectivity index is 2.23. The number of nitrogens with zero attached hydrogens (tertiary/aromatic N) is 1. The van der Waals surface area contributed by atoms with Crippen molar-refractivity contribution in [1.29, 1.82) is 0 Å². The molecule has 0 aromatic carbocycles. The maximum atomic E-state index is 10.9. The Morgan fingerprint density at radius 3 is 3.07 bits per heavy atom. The van der Waals surface area contributed by atoms with Gasteiger partial charge in [0.05, 0.1) is 12.8 Å². The lowest BCUT2D eigenvalue weighted by molar-refractivity contribution is -0.120. The van der Waals surface area contributed by atoms with Gasteiger partial charge >= 0.3 is 0 Å². The molecule has 0 aliphatic heterocycles. The number of hydrogen-bond donors (Lipinski definition) is 1. The van der Waals surface area contributed by atoms with Gasteiger partial charge in [0.25, 0.3) is 0 Å². The third-order valence-corrected chi connectivity index (χ3v) is 2.21. The lowest BCUT2D eigenvalue weighted by atomic mass is 10.3. The molecule has 0 fully saturated rings. The molecule has 1 aromatic rings. The van der Waals surface area contributed by atoms with Gasteiger partial charge in [0.15, 0.2) is 0 Å². The summed E-state index contributed by atoms with van der Waals surface area (Å²) >= 11 is 3.30. The predicted octanol–water partition coefficient (Wildman–Crippen LogP) is 1.75. The van der Waals surface area contributed by atoms with Crippen molar-refractivity contribution < 1.29 is 9.53 Å². The second-order valence-corrected chi connectivity index (χ2v) is 3.88. The smallest absolute Gasteiger partial charge is 0.219 e. The third-order valence-electron chi connectivity index (χ3n) is 1.78. The minimum atomic E-state index is 0.0333. The van der Waals surface area contributed by atoms with E-state index in [0.29, 0.717) is 25.2 Å². The summed E-state index contributed by atoms with van der Waals surface area (Å²) in [7, 11) is 1.63. The average Bonchev–Trinajstić information content (AvgIpc) is 2.24. The molecule has 82 valence electrons. The van der Waals surface area contributed by atoms with Gasteiger partial charge in [-0.3, -0.25) is 9.78 Å². The van der Waals surface area contributed by atoms with Crippen molar-refractivity contribution in [3.8, 4) is 5.75 Å². The zero-order valence-corrected chi connectivity index (χ0v) is 10.1. The van der Waals surface area contributed by atoms with Crippen LogP contribution in [0.2, 0.25) is 0 Å². The molecule has 1 heterocycles. The lowest BCUT2D eigenvalue weighted by Crippen LogP contribution is -2.18. The summed E-state index contributed by atoms with van der Waals surface area (Å²) in [5.41, 5.74) is 0. The second kappa shape index (κ2) is 6.40. The topological polar surface area (TPSA) is 51.2 Å². The second-order valence-electron chi connectivity index (χ2n) is 2.96. The van der Waals surface area contributed by atoms with E-state index in [1.807, 2.05) is 6.07 Å². The molecule has 0 spiro atoms. The zero-order valence-electron chi connectivity index (χ0n) is 8.50. The van der Waals surface area contributed by atoms with Crippen LogP contribution in [0, 0.1) is 0 Å². The molecule has 0 aliphatic carbocycles. The van der Waals surface area contributed by atoms with Crippen LogP contribution in [0.4, 0.5) is 0 Å². The summed E-state index contributed by atoms with van der Waals surface area (Å²) in [6, 6.07) is 1.84. The number of ether oxygens (including phenoxy) is 1. The largest absolute Gasteiger partial charge is 0.492 e. The van der Waals surface area contributed by atoms with Crippen LogP contribution >= 0.6 is 15.9 Å². The quantitative estimate of drug-likeness (QED) is 0.831. The van der Waals surface area contributed by atoms with Gasteiger partial charge in [0, 0.05) is 24.1 Å². The van der Waals surface area contributed by atoms with Gasteiger partial charge in [-0.15, -0.1) is 0 Å². The fraction of sp³-hybridized carbons (Fsp3) is 0.400. The Bertz CT molecular complexity index is 331. The molecule has 15 heavy (non-hydrogen) atoms. The van der Waals surface area contributed by atoms with Crippen LogP contribution in [0.5, 0.6) is 5.75 Å². The van der Waals surface area contributed by atoms with Gasteiger partial charge in [-0.2, -0.15) is 0 Å². The Hall–Kier alpha value is -1.10. The standard InChI is InChI=1S/C10H13BrN2O2/c1-12-10(14)3-2-4-15-9-5-8(11)6-13-7-9/h5-7H,2-4H2,1H3,(H,12,14). The molecule has 0 aliphatic rings. The van der Waals surface area contributed by atoms with Crippen LogP contribution < -0.4 is 10.1 Å². The molecular weight excluding hydrogens is 260 g/mol. The summed E-state index contributed by atoms with van der Waals surface area (Å²) < 4.78 is 6.29. The lowest BCUT2D eigenvalue weighted by Gasteiger charge is -2.05. The van der Waals surface area contributed by atoms with E-state index in [2.05, 4.69) is 26.2 Å². The molecule has 1 aromatic heterocycles. The van der Waals surface area contributed by atoms with E-state index in [1.54, 1.807) is 19.4 Å². The molecule has 4 nitrogen and oxygen atoms in total. The molecule has 1 N–H and O–H groups in total. The van der Waals surface area contributed by atoms with Crippen LogP contribution in [0.3, 0.4) is 0 Å². The van der Waals surface area contributed by atoms with E-state index in [9.17, 15) is 4.79 Å². The molecule has 0 unspecified atom stereocenters. The van der Waals surface area contributed by atoms with Gasteiger partial charge < -0.3 is 10.1 Å². The number of pyridine rings is 1. The van der Waals surface area contributed by atoms with E-state index in [4.69, 9.17) is 4.74 Å². The van der Waals surface area contributed by atoms with E-state index in [-0.39, 0.29) is 5.91 Å². The van der Waals surface area contributed by atoms with Crippen LogP contribution in [-0.2, 0) is 4.79 Å². The predicted molar refractivity (Wildman–Crippen MR) is 60.7 cm³/mol. The number of amides is 1. The van der Waals surface area contributed by atoms with Gasteiger partial charge in [-0.1, -0.05) is 0 Å². The molecule has 0 saturated heterocycles. The number of halogens is 1. The average molecular weight is 273 g/mol. The van der Waals surface area contributed by atoms with Gasteiger partial charge in [-0.05, 0) is 28.4 Å². The molecule has 0 radical (unpaired) electrons. The first-order chi connectivity index (χ1) is 7.22. The number of carbonyl (C=O) groups excluding carboxylic acids is 1. The molecule has 1 rings (SSSR count). The summed E-state index contributed by atoms with van der Waals surface area (Å²) in [6.07, 6.45) is 4.52. The van der Waals surface area contributed by atoms with Gasteiger partial charge in [-0.25, -0.2) is 0 Å². The molecule has 0 atom stereocenters. The highest BCUT2D eigenvalue weighted by molar-refractivity contribution is 9.10. The van der Waals surface area contributed by atoms with Gasteiger partial charge in [0.1, 0.15) is 5.75 Å². The van der Waals surface area contributed by atoms with E-state index in [0.717, 1.165) is 4.47 Å². The summed E-state index contributed by atoms with van der Waals surface area (Å²) in [6.45, 7) is 0.519. The fourth-order valence-electron chi connectivity index (χ4n) is 1.02. The van der Waals surface area contributed by atoms with Crippen molar-refractivity contribution in [2.24, 2.45) is 0 Å². The number of rotatable bonds is 5. The summed E-state index contributed by atoms with van der Waals surface area (Å²) in [5.74, 6) is 0.743. The monoisotopic (exact) mass is 272 g/mol. The van der Waals surface area contributed by atoms with Crippen molar-refractivity contribution in [2.45, 2.75) is 12.8 Å². The van der Waals surface area contributed by atoms with Gasteiger partial charge in [0.2, 0.25) is 5.91 Å². The first-order valence-electron chi connectivity index (χ1n) is 4.66. The molecular formula is C10H13BrN2O2. The Labute approximate surface area is 97.2 Å². The Morgan fingerprint density at radius 2 is 2.40 bits per heavy atom. The molecule has 0 bridgehead atoms. The SMILES string of the molecule is CNC(=O)CCCOc1cncc(Br)c1. The minimum Gasteiger partial charge on any atom is -0.492 e. The highest BCUT2D eigenvalue weighted by atomic mass is 79.9. The van der Waals surface area contributed by atoms with Crippen LogP contribution in [0.1, 0.15) is 12.8 Å². The number of aromatic nitrogens is 1. The first kappa shape index (κ1) is 12.0. The summed E-state index contributed by atoms with van der Waals surface area (Å²) in [5, 5.41) is 2.56. The molecule has 5 heteroatoms. The van der Waals surface area contributed by atoms with E-state index >= 15 is 0 Å². The molecule has 0 saturated carbocycles. The van der Waals surface area contributed by atoms with Crippen molar-refractivity contribution in [1.82, 2.24) is 10.3 Å². The number of nitrogens with one attached hydrogen (secondary N) is 1. The van der Waals surface area contributed by atoms with Crippen LogP contribution in [-0.4, -0.2) is 24.5 Å². The Kier molecular flexibility index (Phi) is 5.10. The highest BCUT2D eigenvalue weighted by Crippen LogP contribution is 2.15. The molecule has 1 amide bonds. The first-order valence-corrected chi connectivity index (χ1v) is 5.45. The maximum absolute atomic E-state index is 10.9. The number of carbonyl (C=O) groups is 1. The van der Waals surface area contributed by atoms with Crippen LogP contribution in [0.25, 0.3) is 0 Å². The number of hydrogen-bond acceptors (Lipinski definition) is 3. The highest BCUT2D eigenvalue weighted by Gasteiger charge is 1.99. The van der Waals surface area contributed by atoms with Crippen molar-refractivity contribution in [2.75, 3.05) is 13.7 Å². The summed E-state index contributed by atoms with van der Waals surface area (Å²) in [4.78, 5) is 14.9. The van der Waals surface area contributed by atoms with Crippen molar-refractivity contribution in [3.05, 3.63) is 22.9 Å². The van der Waals surface area contributed by atoms with E-state index in [1.165, 1.54) is 0 Å².